The molecule has 0 N–H and O–H groups in total. The number of ether oxygens (including phenoxy) is 2. The molecule has 0 unspecified atom stereocenters. The highest BCUT2D eigenvalue weighted by Crippen LogP contribution is 2.12. The molecule has 0 saturated heterocycles. The zero-order valence-corrected chi connectivity index (χ0v) is 9.53. The summed E-state index contributed by atoms with van der Waals surface area (Å²) in [4.78, 5) is 11.8. The summed E-state index contributed by atoms with van der Waals surface area (Å²) in [6.45, 7) is 3.98. The first kappa shape index (κ1) is 11.9. The van der Waals surface area contributed by atoms with Crippen LogP contribution in [0.2, 0.25) is 0 Å². The molecular formula is C12H16O3. The summed E-state index contributed by atoms with van der Waals surface area (Å²) in [6.07, 6.45) is -0.813. The van der Waals surface area contributed by atoms with Crippen LogP contribution in [0.25, 0.3) is 0 Å². The van der Waals surface area contributed by atoms with Gasteiger partial charge in [-0.3, -0.25) is 4.79 Å². The molecule has 15 heavy (non-hydrogen) atoms. The van der Waals surface area contributed by atoms with Crippen LogP contribution in [0.5, 0.6) is 0 Å². The van der Waals surface area contributed by atoms with E-state index in [1.54, 1.807) is 6.07 Å². The maximum absolute atomic E-state index is 11.8. The second-order valence-electron chi connectivity index (χ2n) is 3.47. The average molecular weight is 208 g/mol. The van der Waals surface area contributed by atoms with Gasteiger partial charge in [-0.15, -0.1) is 0 Å². The summed E-state index contributed by atoms with van der Waals surface area (Å²) >= 11 is 0. The first-order chi connectivity index (χ1) is 7.10. The topological polar surface area (TPSA) is 35.5 Å². The van der Waals surface area contributed by atoms with Crippen molar-refractivity contribution in [3.63, 3.8) is 0 Å². The molecule has 0 spiro atoms. The van der Waals surface area contributed by atoms with Crippen LogP contribution < -0.4 is 0 Å². The lowest BCUT2D eigenvalue weighted by Crippen LogP contribution is -2.25. The van der Waals surface area contributed by atoms with Gasteiger partial charge in [0.15, 0.2) is 0 Å². The average Bonchev–Trinajstić information content (AvgIpc) is 2.23. The number of rotatable bonds is 4. The molecule has 82 valence electrons. The van der Waals surface area contributed by atoms with Crippen LogP contribution in [0, 0.1) is 13.8 Å². The van der Waals surface area contributed by atoms with Crippen molar-refractivity contribution in [3.05, 3.63) is 34.9 Å². The minimum atomic E-state index is -0.813. The number of aryl methyl sites for hydroxylation is 2. The third-order valence-electron chi connectivity index (χ3n) is 2.43. The van der Waals surface area contributed by atoms with Gasteiger partial charge < -0.3 is 9.47 Å². The van der Waals surface area contributed by atoms with Gasteiger partial charge in [-0.05, 0) is 31.0 Å². The Hall–Kier alpha value is -1.19. The van der Waals surface area contributed by atoms with Crippen LogP contribution in [0.4, 0.5) is 0 Å². The number of carbonyl (C=O) groups excluding carboxylic acids is 1. The Balaban J connectivity index is 2.96. The lowest BCUT2D eigenvalue weighted by molar-refractivity contribution is -0.0742. The molecule has 0 saturated carbocycles. The minimum absolute atomic E-state index is 0.150. The Kier molecular flexibility index (Phi) is 4.00. The van der Waals surface area contributed by atoms with Gasteiger partial charge in [-0.25, -0.2) is 0 Å². The van der Waals surface area contributed by atoms with Gasteiger partial charge >= 0.3 is 0 Å². The standard InChI is InChI=1S/C12H16O3/c1-8-5-6-10(7-9(8)2)11(13)12(14-3)15-4/h5-7,12H,1-4H3. The Labute approximate surface area is 90.0 Å². The van der Waals surface area contributed by atoms with Crippen LogP contribution in [0.3, 0.4) is 0 Å². The minimum Gasteiger partial charge on any atom is -0.349 e. The van der Waals surface area contributed by atoms with E-state index < -0.39 is 6.29 Å². The van der Waals surface area contributed by atoms with E-state index in [-0.39, 0.29) is 5.78 Å². The van der Waals surface area contributed by atoms with E-state index >= 15 is 0 Å². The Morgan fingerprint density at radius 3 is 2.20 bits per heavy atom. The number of hydrogen-bond donors (Lipinski definition) is 0. The van der Waals surface area contributed by atoms with Crippen LogP contribution in [-0.2, 0) is 9.47 Å². The fraction of sp³-hybridized carbons (Fsp3) is 0.417. The number of methoxy groups -OCH3 is 2. The van der Waals surface area contributed by atoms with Gasteiger partial charge in [-0.1, -0.05) is 12.1 Å². The molecule has 1 aromatic carbocycles. The van der Waals surface area contributed by atoms with Crippen LogP contribution in [-0.4, -0.2) is 26.3 Å². The lowest BCUT2D eigenvalue weighted by Gasteiger charge is -2.12. The summed E-state index contributed by atoms with van der Waals surface area (Å²) in [5.74, 6) is -0.150. The SMILES string of the molecule is COC(OC)C(=O)c1ccc(C)c(C)c1. The van der Waals surface area contributed by atoms with Crippen molar-refractivity contribution in [3.8, 4) is 0 Å². The quantitative estimate of drug-likeness (QED) is 0.561. The van der Waals surface area contributed by atoms with Crippen LogP contribution >= 0.6 is 0 Å². The van der Waals surface area contributed by atoms with Crippen molar-refractivity contribution in [2.75, 3.05) is 14.2 Å². The summed E-state index contributed by atoms with van der Waals surface area (Å²) < 4.78 is 9.83. The first-order valence-electron chi connectivity index (χ1n) is 4.77. The Morgan fingerprint density at radius 1 is 1.13 bits per heavy atom. The zero-order valence-electron chi connectivity index (χ0n) is 9.53. The van der Waals surface area contributed by atoms with Crippen molar-refractivity contribution in [1.29, 1.82) is 0 Å². The van der Waals surface area contributed by atoms with Crippen molar-refractivity contribution < 1.29 is 14.3 Å². The van der Waals surface area contributed by atoms with Gasteiger partial charge in [-0.2, -0.15) is 0 Å². The van der Waals surface area contributed by atoms with Crippen molar-refractivity contribution in [2.45, 2.75) is 20.1 Å². The van der Waals surface area contributed by atoms with Crippen molar-refractivity contribution >= 4 is 5.78 Å². The molecule has 3 heteroatoms. The van der Waals surface area contributed by atoms with E-state index in [2.05, 4.69) is 0 Å². The molecule has 0 aliphatic carbocycles. The Bertz CT molecular complexity index is 354. The van der Waals surface area contributed by atoms with E-state index in [0.29, 0.717) is 5.56 Å². The van der Waals surface area contributed by atoms with Crippen molar-refractivity contribution in [2.24, 2.45) is 0 Å². The normalized spacial score (nSPS) is 10.7. The summed E-state index contributed by atoms with van der Waals surface area (Å²) in [7, 11) is 2.90. The third-order valence-corrected chi connectivity index (χ3v) is 2.43. The molecule has 0 amide bonds. The lowest BCUT2D eigenvalue weighted by atomic mass is 10.0. The molecular weight excluding hydrogens is 192 g/mol. The number of ketones is 1. The molecule has 0 heterocycles. The van der Waals surface area contributed by atoms with Gasteiger partial charge in [0.2, 0.25) is 12.1 Å². The van der Waals surface area contributed by atoms with E-state index in [1.165, 1.54) is 14.2 Å². The van der Waals surface area contributed by atoms with Crippen molar-refractivity contribution in [1.82, 2.24) is 0 Å². The summed E-state index contributed by atoms with van der Waals surface area (Å²) in [5.41, 5.74) is 2.87. The molecule has 0 aromatic heterocycles. The smallest absolute Gasteiger partial charge is 0.222 e. The fourth-order valence-electron chi connectivity index (χ4n) is 1.34. The Morgan fingerprint density at radius 2 is 1.73 bits per heavy atom. The van der Waals surface area contributed by atoms with E-state index in [4.69, 9.17) is 9.47 Å². The number of benzene rings is 1. The largest absolute Gasteiger partial charge is 0.349 e. The van der Waals surface area contributed by atoms with Gasteiger partial charge in [0.1, 0.15) is 0 Å². The van der Waals surface area contributed by atoms with E-state index in [1.807, 2.05) is 26.0 Å². The molecule has 0 fully saturated rings. The molecule has 3 nitrogen and oxygen atoms in total. The molecule has 0 bridgehead atoms. The predicted octanol–water partition coefficient (Wildman–Crippen LogP) is 2.11. The fourth-order valence-corrected chi connectivity index (χ4v) is 1.34. The monoisotopic (exact) mass is 208 g/mol. The van der Waals surface area contributed by atoms with Gasteiger partial charge in [0.25, 0.3) is 0 Å². The van der Waals surface area contributed by atoms with Crippen LogP contribution in [0.15, 0.2) is 18.2 Å². The first-order valence-corrected chi connectivity index (χ1v) is 4.77. The van der Waals surface area contributed by atoms with E-state index in [9.17, 15) is 4.79 Å². The predicted molar refractivity (Wildman–Crippen MR) is 58.1 cm³/mol. The number of carbonyl (C=O) groups is 1. The maximum Gasteiger partial charge on any atom is 0.222 e. The molecule has 0 aliphatic rings. The molecule has 1 aromatic rings. The maximum atomic E-state index is 11.8. The highest BCUT2D eigenvalue weighted by Gasteiger charge is 2.18. The number of hydrogen-bond acceptors (Lipinski definition) is 3. The van der Waals surface area contributed by atoms with Gasteiger partial charge in [0, 0.05) is 19.8 Å². The zero-order chi connectivity index (χ0) is 11.4. The number of Topliss-reactive ketones (excluding diaryl/α,β-unsaturated/α-hetero) is 1. The highest BCUT2D eigenvalue weighted by atomic mass is 16.7. The van der Waals surface area contributed by atoms with Crippen LogP contribution in [0.1, 0.15) is 21.5 Å². The molecule has 0 atom stereocenters. The second kappa shape index (κ2) is 5.05. The molecule has 0 aliphatic heterocycles. The molecule has 0 radical (unpaired) electrons. The molecule has 1 rings (SSSR count). The summed E-state index contributed by atoms with van der Waals surface area (Å²) in [5, 5.41) is 0. The highest BCUT2D eigenvalue weighted by molar-refractivity contribution is 5.98. The second-order valence-corrected chi connectivity index (χ2v) is 3.47. The van der Waals surface area contributed by atoms with Gasteiger partial charge in [0.05, 0.1) is 0 Å². The van der Waals surface area contributed by atoms with E-state index in [0.717, 1.165) is 11.1 Å². The summed E-state index contributed by atoms with van der Waals surface area (Å²) in [6, 6.07) is 5.56. The third kappa shape index (κ3) is 2.64.